The highest BCUT2D eigenvalue weighted by molar-refractivity contribution is 5.78. The van der Waals surface area contributed by atoms with Crippen molar-refractivity contribution in [3.05, 3.63) is 30.1 Å². The molecule has 1 saturated heterocycles. The zero-order chi connectivity index (χ0) is 10.7. The lowest BCUT2D eigenvalue weighted by Gasteiger charge is -2.15. The largest absolute Gasteiger partial charge is 0.391 e. The van der Waals surface area contributed by atoms with E-state index in [0.29, 0.717) is 13.1 Å². The highest BCUT2D eigenvalue weighted by Crippen LogP contribution is 2.11. The molecule has 0 spiro atoms. The Labute approximate surface area is 88.6 Å². The normalized spacial score (nSPS) is 21.0. The zero-order valence-corrected chi connectivity index (χ0v) is 8.47. The molecule has 4 nitrogen and oxygen atoms in total. The molecule has 1 aliphatic rings. The average Bonchev–Trinajstić information content (AvgIpc) is 2.56. The maximum absolute atomic E-state index is 11.4. The van der Waals surface area contributed by atoms with Crippen LogP contribution in [0.3, 0.4) is 0 Å². The van der Waals surface area contributed by atoms with Crippen LogP contribution in [0.25, 0.3) is 0 Å². The van der Waals surface area contributed by atoms with Gasteiger partial charge in [0.25, 0.3) is 0 Å². The summed E-state index contributed by atoms with van der Waals surface area (Å²) in [6.07, 6.45) is 4.11. The van der Waals surface area contributed by atoms with Gasteiger partial charge in [-0.25, -0.2) is 0 Å². The van der Waals surface area contributed by atoms with Gasteiger partial charge in [-0.15, -0.1) is 0 Å². The number of pyridine rings is 1. The second kappa shape index (κ2) is 4.40. The van der Waals surface area contributed by atoms with Crippen molar-refractivity contribution in [1.82, 2.24) is 9.88 Å². The lowest BCUT2D eigenvalue weighted by atomic mass is 10.2. The number of nitrogens with zero attached hydrogens (tertiary/aromatic N) is 2. The van der Waals surface area contributed by atoms with Crippen molar-refractivity contribution in [2.75, 3.05) is 13.1 Å². The molecule has 1 amide bonds. The molecule has 0 bridgehead atoms. The predicted octanol–water partition coefficient (Wildman–Crippen LogP) is 0.217. The van der Waals surface area contributed by atoms with Crippen molar-refractivity contribution in [3.63, 3.8) is 0 Å². The first-order chi connectivity index (χ1) is 7.25. The first kappa shape index (κ1) is 10.1. The third kappa shape index (κ3) is 2.53. The Bertz CT molecular complexity index is 340. The Kier molecular flexibility index (Phi) is 2.97. The van der Waals surface area contributed by atoms with Crippen molar-refractivity contribution in [2.45, 2.75) is 18.9 Å². The van der Waals surface area contributed by atoms with E-state index in [2.05, 4.69) is 4.98 Å². The molecule has 1 atom stereocenters. The van der Waals surface area contributed by atoms with Crippen LogP contribution in [0.15, 0.2) is 24.5 Å². The van der Waals surface area contributed by atoms with Crippen LogP contribution in [-0.2, 0) is 11.2 Å². The zero-order valence-electron chi connectivity index (χ0n) is 8.47. The molecule has 1 aromatic heterocycles. The highest BCUT2D eigenvalue weighted by Gasteiger charge is 2.27. The lowest BCUT2D eigenvalue weighted by molar-refractivity contribution is -0.127. The Hall–Kier alpha value is -1.42. The van der Waals surface area contributed by atoms with Crippen LogP contribution < -0.4 is 0 Å². The average molecular weight is 206 g/mol. The van der Waals surface area contributed by atoms with Gasteiger partial charge < -0.3 is 10.0 Å². The molecule has 1 unspecified atom stereocenters. The summed E-state index contributed by atoms with van der Waals surface area (Å²) in [6, 6.07) is 3.88. The van der Waals surface area contributed by atoms with Crippen LogP contribution in [0.2, 0.25) is 0 Å². The number of amides is 1. The number of carbonyl (C=O) groups excluding carboxylic acids is 1. The summed E-state index contributed by atoms with van der Waals surface area (Å²) in [4.78, 5) is 17.0. The Morgan fingerprint density at radius 2 is 2.20 bits per heavy atom. The highest BCUT2D eigenvalue weighted by atomic mass is 16.3. The summed E-state index contributed by atoms with van der Waals surface area (Å²) in [5, 5.41) is 9.29. The SMILES string of the molecule is O=C1CC(O)CN1CCc1ccncc1. The number of hydrogen-bond acceptors (Lipinski definition) is 3. The van der Waals surface area contributed by atoms with Gasteiger partial charge in [-0.2, -0.15) is 0 Å². The minimum Gasteiger partial charge on any atom is -0.391 e. The lowest BCUT2D eigenvalue weighted by Crippen LogP contribution is -2.28. The Morgan fingerprint density at radius 3 is 2.80 bits per heavy atom. The molecule has 2 rings (SSSR count). The van der Waals surface area contributed by atoms with Gasteiger partial charge in [0.15, 0.2) is 0 Å². The van der Waals surface area contributed by atoms with Gasteiger partial charge in [0, 0.05) is 25.5 Å². The smallest absolute Gasteiger partial charge is 0.225 e. The fourth-order valence-corrected chi connectivity index (χ4v) is 1.78. The van der Waals surface area contributed by atoms with Gasteiger partial charge in [0.2, 0.25) is 5.91 Å². The molecule has 1 N–H and O–H groups in total. The molecular weight excluding hydrogens is 192 g/mol. The first-order valence-corrected chi connectivity index (χ1v) is 5.10. The molecule has 0 aliphatic carbocycles. The molecule has 2 heterocycles. The summed E-state index contributed by atoms with van der Waals surface area (Å²) in [7, 11) is 0. The number of aliphatic hydroxyl groups is 1. The van der Waals surface area contributed by atoms with Crippen LogP contribution >= 0.6 is 0 Å². The molecule has 0 saturated carbocycles. The molecule has 0 aromatic carbocycles. The van der Waals surface area contributed by atoms with Crippen molar-refractivity contribution in [2.24, 2.45) is 0 Å². The van der Waals surface area contributed by atoms with E-state index < -0.39 is 6.10 Å². The molecule has 80 valence electrons. The van der Waals surface area contributed by atoms with Gasteiger partial charge in [0.1, 0.15) is 0 Å². The molecule has 0 radical (unpaired) electrons. The number of aliphatic hydroxyl groups excluding tert-OH is 1. The Balaban J connectivity index is 1.86. The first-order valence-electron chi connectivity index (χ1n) is 5.10. The predicted molar refractivity (Wildman–Crippen MR) is 55.1 cm³/mol. The maximum Gasteiger partial charge on any atom is 0.225 e. The number of hydrogen-bond donors (Lipinski definition) is 1. The number of likely N-dealkylation sites (tertiary alicyclic amines) is 1. The third-order valence-electron chi connectivity index (χ3n) is 2.61. The summed E-state index contributed by atoms with van der Waals surface area (Å²) in [5.74, 6) is 0.0524. The minimum absolute atomic E-state index is 0.0524. The second-order valence-corrected chi connectivity index (χ2v) is 3.80. The van der Waals surface area contributed by atoms with E-state index in [1.807, 2.05) is 12.1 Å². The quantitative estimate of drug-likeness (QED) is 0.769. The van der Waals surface area contributed by atoms with Crippen LogP contribution in [-0.4, -0.2) is 40.1 Å². The minimum atomic E-state index is -0.477. The van der Waals surface area contributed by atoms with Gasteiger partial charge in [0.05, 0.1) is 12.5 Å². The topological polar surface area (TPSA) is 53.4 Å². The molecule has 15 heavy (non-hydrogen) atoms. The summed E-state index contributed by atoms with van der Waals surface area (Å²) < 4.78 is 0. The number of β-amino-alcohol motifs (C(OH)–C–C–N with tert-alkyl or cyclic N) is 1. The van der Waals surface area contributed by atoms with E-state index in [0.717, 1.165) is 6.42 Å². The van der Waals surface area contributed by atoms with Crippen LogP contribution in [0, 0.1) is 0 Å². The van der Waals surface area contributed by atoms with Crippen molar-refractivity contribution in [3.8, 4) is 0 Å². The van der Waals surface area contributed by atoms with Gasteiger partial charge in [-0.3, -0.25) is 9.78 Å². The van der Waals surface area contributed by atoms with Crippen LogP contribution in [0.4, 0.5) is 0 Å². The fraction of sp³-hybridized carbons (Fsp3) is 0.455. The molecule has 1 aromatic rings. The van der Waals surface area contributed by atoms with Crippen molar-refractivity contribution in [1.29, 1.82) is 0 Å². The molecular formula is C11H14N2O2. The third-order valence-corrected chi connectivity index (χ3v) is 2.61. The van der Waals surface area contributed by atoms with Crippen molar-refractivity contribution < 1.29 is 9.90 Å². The van der Waals surface area contributed by atoms with Crippen LogP contribution in [0.5, 0.6) is 0 Å². The fourth-order valence-electron chi connectivity index (χ4n) is 1.78. The van der Waals surface area contributed by atoms with E-state index >= 15 is 0 Å². The molecule has 1 fully saturated rings. The molecule has 1 aliphatic heterocycles. The monoisotopic (exact) mass is 206 g/mol. The standard InChI is InChI=1S/C11H14N2O2/c14-10-7-11(15)13(8-10)6-3-9-1-4-12-5-2-9/h1-2,4-5,10,14H,3,6-8H2. The molecule has 4 heteroatoms. The van der Waals surface area contributed by atoms with Crippen LogP contribution in [0.1, 0.15) is 12.0 Å². The van der Waals surface area contributed by atoms with Gasteiger partial charge in [-0.05, 0) is 24.1 Å². The summed E-state index contributed by atoms with van der Waals surface area (Å²) >= 11 is 0. The van der Waals surface area contributed by atoms with Crippen molar-refractivity contribution >= 4 is 5.91 Å². The van der Waals surface area contributed by atoms with Gasteiger partial charge >= 0.3 is 0 Å². The van der Waals surface area contributed by atoms with E-state index in [9.17, 15) is 9.90 Å². The Morgan fingerprint density at radius 1 is 1.47 bits per heavy atom. The summed E-state index contributed by atoms with van der Waals surface area (Å²) in [6.45, 7) is 1.16. The van der Waals surface area contributed by atoms with E-state index in [4.69, 9.17) is 0 Å². The number of carbonyl (C=O) groups is 1. The van der Waals surface area contributed by atoms with E-state index in [1.54, 1.807) is 17.3 Å². The summed E-state index contributed by atoms with van der Waals surface area (Å²) in [5.41, 5.74) is 1.17. The van der Waals surface area contributed by atoms with E-state index in [1.165, 1.54) is 5.56 Å². The number of rotatable bonds is 3. The van der Waals surface area contributed by atoms with Gasteiger partial charge in [-0.1, -0.05) is 0 Å². The number of aromatic nitrogens is 1. The maximum atomic E-state index is 11.4. The second-order valence-electron chi connectivity index (χ2n) is 3.80. The van der Waals surface area contributed by atoms with E-state index in [-0.39, 0.29) is 12.3 Å².